The van der Waals surface area contributed by atoms with E-state index < -0.39 is 24.4 Å². The molecule has 6 nitrogen and oxygen atoms in total. The van der Waals surface area contributed by atoms with Crippen molar-refractivity contribution in [2.24, 2.45) is 5.92 Å². The Morgan fingerprint density at radius 1 is 1.18 bits per heavy atom. The highest BCUT2D eigenvalue weighted by atomic mass is 35.5. The Kier molecular flexibility index (Phi) is 6.21. The van der Waals surface area contributed by atoms with Gasteiger partial charge in [-0.05, 0) is 31.2 Å². The maximum absolute atomic E-state index is 12.3. The molecule has 1 aliphatic rings. The van der Waals surface area contributed by atoms with Crippen molar-refractivity contribution in [3.63, 3.8) is 0 Å². The minimum absolute atomic E-state index is 0.0500. The van der Waals surface area contributed by atoms with Crippen LogP contribution < -0.4 is 10.2 Å². The van der Waals surface area contributed by atoms with E-state index in [0.717, 1.165) is 11.3 Å². The zero-order valence-electron chi connectivity index (χ0n) is 15.1. The van der Waals surface area contributed by atoms with Crippen LogP contribution in [0.25, 0.3) is 0 Å². The average Bonchev–Trinajstić information content (AvgIpc) is 3.06. The molecule has 2 amide bonds. The summed E-state index contributed by atoms with van der Waals surface area (Å²) in [6, 6.07) is 12.3. The van der Waals surface area contributed by atoms with Gasteiger partial charge in [-0.2, -0.15) is 0 Å². The van der Waals surface area contributed by atoms with E-state index in [2.05, 4.69) is 5.32 Å². The molecule has 1 atom stereocenters. The Morgan fingerprint density at radius 3 is 2.61 bits per heavy atom. The van der Waals surface area contributed by atoms with Crippen molar-refractivity contribution in [2.45, 2.75) is 13.3 Å². The highest BCUT2D eigenvalue weighted by Crippen LogP contribution is 2.29. The van der Waals surface area contributed by atoms with E-state index in [-0.39, 0.29) is 23.9 Å². The fourth-order valence-electron chi connectivity index (χ4n) is 2.88. The fourth-order valence-corrected chi connectivity index (χ4v) is 3.23. The zero-order chi connectivity index (χ0) is 20.3. The lowest BCUT2D eigenvalue weighted by Gasteiger charge is -2.16. The van der Waals surface area contributed by atoms with Crippen LogP contribution >= 0.6 is 23.2 Å². The summed E-state index contributed by atoms with van der Waals surface area (Å²) in [5.74, 6) is -1.90. The number of rotatable bonds is 5. The average molecular weight is 421 g/mol. The standard InChI is InChI=1S/C20H18Cl2N2O4/c1-12-5-7-14(8-6-12)24-10-13(9-18(24)26)20(27)28-11-17(25)23-16-4-2-3-15(21)19(16)22/h2-8,13H,9-11H2,1H3,(H,23,25)/t13-/m1/s1. The number of carbonyl (C=O) groups excluding carboxylic acids is 3. The van der Waals surface area contributed by atoms with Crippen molar-refractivity contribution in [3.05, 3.63) is 58.1 Å². The summed E-state index contributed by atoms with van der Waals surface area (Å²) in [6.07, 6.45) is 0.0500. The largest absolute Gasteiger partial charge is 0.455 e. The van der Waals surface area contributed by atoms with Crippen molar-refractivity contribution in [1.29, 1.82) is 0 Å². The van der Waals surface area contributed by atoms with Gasteiger partial charge in [0, 0.05) is 18.7 Å². The van der Waals surface area contributed by atoms with Crippen LogP contribution in [0.4, 0.5) is 11.4 Å². The number of anilines is 2. The molecule has 0 aromatic heterocycles. The van der Waals surface area contributed by atoms with Crippen LogP contribution in [0, 0.1) is 12.8 Å². The normalized spacial score (nSPS) is 16.2. The van der Waals surface area contributed by atoms with Gasteiger partial charge in [0.2, 0.25) is 5.91 Å². The van der Waals surface area contributed by atoms with Gasteiger partial charge in [-0.15, -0.1) is 0 Å². The molecular weight excluding hydrogens is 403 g/mol. The molecule has 8 heteroatoms. The Balaban J connectivity index is 1.53. The third-order valence-electron chi connectivity index (χ3n) is 4.38. The molecule has 1 aliphatic heterocycles. The second kappa shape index (κ2) is 8.63. The van der Waals surface area contributed by atoms with Crippen LogP contribution in [0.2, 0.25) is 10.0 Å². The number of nitrogens with zero attached hydrogens (tertiary/aromatic N) is 1. The molecule has 1 heterocycles. The van der Waals surface area contributed by atoms with E-state index in [1.807, 2.05) is 31.2 Å². The first kappa shape index (κ1) is 20.2. The first-order chi connectivity index (χ1) is 13.3. The lowest BCUT2D eigenvalue weighted by atomic mass is 10.1. The van der Waals surface area contributed by atoms with Gasteiger partial charge in [0.1, 0.15) is 0 Å². The molecule has 0 bridgehead atoms. The quantitative estimate of drug-likeness (QED) is 0.745. The first-order valence-electron chi connectivity index (χ1n) is 8.62. The molecule has 1 fully saturated rings. The summed E-state index contributed by atoms with van der Waals surface area (Å²) in [4.78, 5) is 38.1. The van der Waals surface area contributed by atoms with E-state index in [9.17, 15) is 14.4 Å². The SMILES string of the molecule is Cc1ccc(N2C[C@H](C(=O)OCC(=O)Nc3cccc(Cl)c3Cl)CC2=O)cc1. The third-order valence-corrected chi connectivity index (χ3v) is 5.19. The van der Waals surface area contributed by atoms with Crippen molar-refractivity contribution in [1.82, 2.24) is 0 Å². The Morgan fingerprint density at radius 2 is 1.89 bits per heavy atom. The molecule has 0 aliphatic carbocycles. The number of hydrogen-bond acceptors (Lipinski definition) is 4. The minimum Gasteiger partial charge on any atom is -0.455 e. The molecule has 0 spiro atoms. The van der Waals surface area contributed by atoms with E-state index >= 15 is 0 Å². The molecule has 0 unspecified atom stereocenters. The van der Waals surface area contributed by atoms with Gasteiger partial charge in [-0.25, -0.2) is 0 Å². The summed E-state index contributed by atoms with van der Waals surface area (Å²) < 4.78 is 5.08. The predicted octanol–water partition coefficient (Wildman–Crippen LogP) is 3.84. The van der Waals surface area contributed by atoms with Gasteiger partial charge in [-0.1, -0.05) is 47.0 Å². The number of nitrogens with one attached hydrogen (secondary N) is 1. The van der Waals surface area contributed by atoms with Crippen LogP contribution in [-0.4, -0.2) is 30.9 Å². The maximum atomic E-state index is 12.3. The van der Waals surface area contributed by atoms with Crippen molar-refractivity contribution >= 4 is 52.4 Å². The van der Waals surface area contributed by atoms with Gasteiger partial charge in [0.05, 0.1) is 21.7 Å². The fraction of sp³-hybridized carbons (Fsp3) is 0.250. The number of amides is 2. The zero-order valence-corrected chi connectivity index (χ0v) is 16.6. The van der Waals surface area contributed by atoms with Crippen molar-refractivity contribution in [3.8, 4) is 0 Å². The Labute approximate surface area is 172 Å². The summed E-state index contributed by atoms with van der Waals surface area (Å²) in [5, 5.41) is 3.05. The number of ether oxygens (including phenoxy) is 1. The minimum atomic E-state index is -0.614. The van der Waals surface area contributed by atoms with Gasteiger partial charge in [-0.3, -0.25) is 14.4 Å². The topological polar surface area (TPSA) is 75.7 Å². The smallest absolute Gasteiger partial charge is 0.311 e. The number of carbonyl (C=O) groups is 3. The molecular formula is C20H18Cl2N2O4. The van der Waals surface area contributed by atoms with Crippen molar-refractivity contribution < 1.29 is 19.1 Å². The van der Waals surface area contributed by atoms with Crippen LogP contribution in [0.1, 0.15) is 12.0 Å². The molecule has 0 saturated carbocycles. The lowest BCUT2D eigenvalue weighted by Crippen LogP contribution is -2.28. The summed E-state index contributed by atoms with van der Waals surface area (Å²) in [6.45, 7) is 1.71. The van der Waals surface area contributed by atoms with Gasteiger partial charge in [0.15, 0.2) is 6.61 Å². The van der Waals surface area contributed by atoms with Crippen LogP contribution in [0.5, 0.6) is 0 Å². The first-order valence-corrected chi connectivity index (χ1v) is 9.38. The highest BCUT2D eigenvalue weighted by Gasteiger charge is 2.36. The Bertz CT molecular complexity index is 915. The number of benzene rings is 2. The van der Waals surface area contributed by atoms with E-state index in [1.165, 1.54) is 0 Å². The second-order valence-corrected chi connectivity index (χ2v) is 7.28. The molecule has 146 valence electrons. The number of halogens is 2. The highest BCUT2D eigenvalue weighted by molar-refractivity contribution is 6.44. The molecule has 0 radical (unpaired) electrons. The monoisotopic (exact) mass is 420 g/mol. The summed E-state index contributed by atoms with van der Waals surface area (Å²) in [5.41, 5.74) is 2.15. The van der Waals surface area contributed by atoms with Gasteiger partial charge >= 0.3 is 5.97 Å². The van der Waals surface area contributed by atoms with Crippen LogP contribution in [0.15, 0.2) is 42.5 Å². The molecule has 1 saturated heterocycles. The van der Waals surface area contributed by atoms with E-state index in [1.54, 1.807) is 23.1 Å². The molecule has 3 rings (SSSR count). The van der Waals surface area contributed by atoms with E-state index in [4.69, 9.17) is 27.9 Å². The predicted molar refractivity (Wildman–Crippen MR) is 108 cm³/mol. The molecule has 1 N–H and O–H groups in total. The van der Waals surface area contributed by atoms with E-state index in [0.29, 0.717) is 10.7 Å². The second-order valence-electron chi connectivity index (χ2n) is 6.50. The third kappa shape index (κ3) is 4.64. The van der Waals surface area contributed by atoms with Gasteiger partial charge < -0.3 is 15.0 Å². The molecule has 2 aromatic carbocycles. The Hall–Kier alpha value is -2.57. The van der Waals surface area contributed by atoms with Gasteiger partial charge in [0.25, 0.3) is 5.91 Å². The number of aryl methyl sites for hydroxylation is 1. The number of hydrogen-bond donors (Lipinski definition) is 1. The van der Waals surface area contributed by atoms with Crippen molar-refractivity contribution in [2.75, 3.05) is 23.4 Å². The molecule has 28 heavy (non-hydrogen) atoms. The summed E-state index contributed by atoms with van der Waals surface area (Å²) in [7, 11) is 0. The number of esters is 1. The summed E-state index contributed by atoms with van der Waals surface area (Å²) >= 11 is 11.9. The molecule has 2 aromatic rings. The maximum Gasteiger partial charge on any atom is 0.311 e. The van der Waals surface area contributed by atoms with Crippen LogP contribution in [-0.2, 0) is 19.1 Å². The lowest BCUT2D eigenvalue weighted by molar-refractivity contribution is -0.151. The van der Waals surface area contributed by atoms with Crippen LogP contribution in [0.3, 0.4) is 0 Å².